The summed E-state index contributed by atoms with van der Waals surface area (Å²) in [6.45, 7) is 2.56. The zero-order valence-corrected chi connectivity index (χ0v) is 11.1. The van der Waals surface area contributed by atoms with Crippen molar-refractivity contribution in [3.8, 4) is 0 Å². The quantitative estimate of drug-likeness (QED) is 0.854. The molecule has 1 aromatic rings. The Bertz CT molecular complexity index is 425. The Hall–Kier alpha value is -0.820. The highest BCUT2D eigenvalue weighted by molar-refractivity contribution is 5.28. The highest BCUT2D eigenvalue weighted by Gasteiger charge is 2.43. The summed E-state index contributed by atoms with van der Waals surface area (Å²) >= 11 is 0. The second-order valence-corrected chi connectivity index (χ2v) is 6.93. The molecule has 0 unspecified atom stereocenters. The Morgan fingerprint density at radius 3 is 2.39 bits per heavy atom. The van der Waals surface area contributed by atoms with Crippen molar-refractivity contribution < 1.29 is 0 Å². The molecule has 0 amide bonds. The van der Waals surface area contributed by atoms with Gasteiger partial charge >= 0.3 is 0 Å². The van der Waals surface area contributed by atoms with Crippen LogP contribution in [0.4, 0.5) is 0 Å². The van der Waals surface area contributed by atoms with Crippen LogP contribution in [0.2, 0.25) is 0 Å². The van der Waals surface area contributed by atoms with E-state index >= 15 is 0 Å². The summed E-state index contributed by atoms with van der Waals surface area (Å²) in [7, 11) is 0. The third-order valence-corrected chi connectivity index (χ3v) is 5.36. The molecule has 1 heterocycles. The largest absolute Gasteiger partial charge is 0.316 e. The number of nitrogens with one attached hydrogen (secondary N) is 1. The lowest BCUT2D eigenvalue weighted by Crippen LogP contribution is -2.51. The Balaban J connectivity index is 1.39. The van der Waals surface area contributed by atoms with Crippen LogP contribution in [-0.2, 0) is 6.42 Å². The fraction of sp³-hybridized carbons (Fsp3) is 0.647. The highest BCUT2D eigenvalue weighted by atomic mass is 15.0. The Labute approximate surface area is 110 Å². The Morgan fingerprint density at radius 2 is 1.83 bits per heavy atom. The van der Waals surface area contributed by atoms with Crippen LogP contribution in [0.1, 0.15) is 49.1 Å². The van der Waals surface area contributed by atoms with Gasteiger partial charge < -0.3 is 5.32 Å². The molecule has 0 aromatic heterocycles. The maximum Gasteiger partial charge on any atom is 0.00203 e. The third-order valence-electron chi connectivity index (χ3n) is 5.36. The normalized spacial score (nSPS) is 29.4. The second-order valence-electron chi connectivity index (χ2n) is 6.93. The molecule has 1 saturated heterocycles. The molecule has 1 heteroatoms. The minimum Gasteiger partial charge on any atom is -0.316 e. The van der Waals surface area contributed by atoms with Crippen molar-refractivity contribution in [2.24, 2.45) is 11.3 Å². The predicted octanol–water partition coefficient (Wildman–Crippen LogP) is 3.50. The van der Waals surface area contributed by atoms with E-state index in [2.05, 4.69) is 29.6 Å². The average Bonchev–Trinajstić information content (AvgIpc) is 3.10. The van der Waals surface area contributed by atoms with Gasteiger partial charge in [0.05, 0.1) is 0 Å². The smallest absolute Gasteiger partial charge is 0.00203 e. The second kappa shape index (κ2) is 4.09. The summed E-state index contributed by atoms with van der Waals surface area (Å²) < 4.78 is 0. The van der Waals surface area contributed by atoms with Gasteiger partial charge in [-0.1, -0.05) is 24.3 Å². The minimum atomic E-state index is 0.707. The van der Waals surface area contributed by atoms with Crippen molar-refractivity contribution in [1.82, 2.24) is 5.32 Å². The van der Waals surface area contributed by atoms with E-state index in [1.54, 1.807) is 11.1 Å². The molecule has 1 spiro atoms. The van der Waals surface area contributed by atoms with Gasteiger partial charge in [0.1, 0.15) is 0 Å². The van der Waals surface area contributed by atoms with Gasteiger partial charge in [0.15, 0.2) is 0 Å². The van der Waals surface area contributed by atoms with Crippen LogP contribution < -0.4 is 5.32 Å². The summed E-state index contributed by atoms with van der Waals surface area (Å²) in [5.74, 6) is 1.84. The van der Waals surface area contributed by atoms with Gasteiger partial charge in [-0.3, -0.25) is 0 Å². The van der Waals surface area contributed by atoms with Crippen LogP contribution in [0, 0.1) is 11.3 Å². The third kappa shape index (κ3) is 1.99. The highest BCUT2D eigenvalue weighted by Crippen LogP contribution is 2.45. The van der Waals surface area contributed by atoms with E-state index in [0.29, 0.717) is 5.41 Å². The lowest BCUT2D eigenvalue weighted by atomic mass is 9.79. The Kier molecular flexibility index (Phi) is 2.51. The fourth-order valence-electron chi connectivity index (χ4n) is 3.98. The van der Waals surface area contributed by atoms with E-state index in [9.17, 15) is 0 Å². The van der Waals surface area contributed by atoms with Gasteiger partial charge in [0.25, 0.3) is 0 Å². The summed E-state index contributed by atoms with van der Waals surface area (Å²) in [5.41, 5.74) is 3.84. The van der Waals surface area contributed by atoms with Gasteiger partial charge in [-0.2, -0.15) is 0 Å². The predicted molar refractivity (Wildman–Crippen MR) is 74.8 cm³/mol. The monoisotopic (exact) mass is 241 g/mol. The molecule has 3 fully saturated rings. The van der Waals surface area contributed by atoms with E-state index in [-0.39, 0.29) is 0 Å². The van der Waals surface area contributed by atoms with Crippen molar-refractivity contribution in [1.29, 1.82) is 0 Å². The van der Waals surface area contributed by atoms with Gasteiger partial charge in [-0.05, 0) is 66.9 Å². The van der Waals surface area contributed by atoms with Crippen LogP contribution in [0.5, 0.6) is 0 Å². The minimum absolute atomic E-state index is 0.707. The number of benzene rings is 1. The molecule has 0 radical (unpaired) electrons. The molecule has 2 aliphatic carbocycles. The molecule has 1 aliphatic heterocycles. The topological polar surface area (TPSA) is 12.0 Å². The van der Waals surface area contributed by atoms with Gasteiger partial charge in [-0.25, -0.2) is 0 Å². The zero-order chi connectivity index (χ0) is 12.0. The SMILES string of the molecule is c1cc(C2CC2)ccc1C[C@H]1CCC2(CNC2)C1. The van der Waals surface area contributed by atoms with Crippen LogP contribution in [-0.4, -0.2) is 13.1 Å². The van der Waals surface area contributed by atoms with Crippen molar-refractivity contribution in [3.05, 3.63) is 35.4 Å². The number of rotatable bonds is 3. The summed E-state index contributed by atoms with van der Waals surface area (Å²) in [6, 6.07) is 9.53. The van der Waals surface area contributed by atoms with Crippen LogP contribution >= 0.6 is 0 Å². The molecule has 2 saturated carbocycles. The molecule has 18 heavy (non-hydrogen) atoms. The van der Waals surface area contributed by atoms with E-state index in [1.165, 1.54) is 51.6 Å². The molecular weight excluding hydrogens is 218 g/mol. The van der Waals surface area contributed by atoms with E-state index in [4.69, 9.17) is 0 Å². The fourth-order valence-corrected chi connectivity index (χ4v) is 3.98. The molecule has 4 rings (SSSR count). The average molecular weight is 241 g/mol. The molecule has 1 N–H and O–H groups in total. The van der Waals surface area contributed by atoms with Crippen molar-refractivity contribution >= 4 is 0 Å². The summed E-state index contributed by atoms with van der Waals surface area (Å²) in [6.07, 6.45) is 8.52. The van der Waals surface area contributed by atoms with Crippen molar-refractivity contribution in [2.45, 2.75) is 44.4 Å². The first-order valence-electron chi connectivity index (χ1n) is 7.63. The van der Waals surface area contributed by atoms with E-state index in [0.717, 1.165) is 11.8 Å². The maximum absolute atomic E-state index is 3.46. The van der Waals surface area contributed by atoms with Gasteiger partial charge in [0, 0.05) is 13.1 Å². The van der Waals surface area contributed by atoms with Gasteiger partial charge in [-0.15, -0.1) is 0 Å². The zero-order valence-electron chi connectivity index (χ0n) is 11.1. The summed E-state index contributed by atoms with van der Waals surface area (Å²) in [4.78, 5) is 0. The van der Waals surface area contributed by atoms with Crippen molar-refractivity contribution in [2.75, 3.05) is 13.1 Å². The lowest BCUT2D eigenvalue weighted by molar-refractivity contribution is 0.170. The number of hydrogen-bond donors (Lipinski definition) is 1. The molecule has 1 atom stereocenters. The first-order chi connectivity index (χ1) is 8.83. The number of hydrogen-bond acceptors (Lipinski definition) is 1. The standard InChI is InChI=1S/C17H23N/c1-3-15(16-5-6-16)4-2-13(1)9-14-7-8-17(10-14)11-18-12-17/h1-4,14,16,18H,5-12H2/t14-/m1/s1. The maximum atomic E-state index is 3.46. The first kappa shape index (κ1) is 11.0. The van der Waals surface area contributed by atoms with Crippen LogP contribution in [0.25, 0.3) is 0 Å². The molecular formula is C17H23N. The van der Waals surface area contributed by atoms with Crippen molar-refractivity contribution in [3.63, 3.8) is 0 Å². The molecule has 1 nitrogen and oxygen atoms in total. The lowest BCUT2D eigenvalue weighted by Gasteiger charge is -2.39. The summed E-state index contributed by atoms with van der Waals surface area (Å²) in [5, 5.41) is 3.46. The Morgan fingerprint density at radius 1 is 1.06 bits per heavy atom. The van der Waals surface area contributed by atoms with Crippen LogP contribution in [0.15, 0.2) is 24.3 Å². The molecule has 3 aliphatic rings. The van der Waals surface area contributed by atoms with E-state index < -0.39 is 0 Å². The molecule has 0 bridgehead atoms. The van der Waals surface area contributed by atoms with E-state index in [1.807, 2.05) is 0 Å². The first-order valence-corrected chi connectivity index (χ1v) is 7.63. The molecule has 1 aromatic carbocycles. The van der Waals surface area contributed by atoms with Gasteiger partial charge in [0.2, 0.25) is 0 Å². The molecule has 96 valence electrons. The van der Waals surface area contributed by atoms with Crippen LogP contribution in [0.3, 0.4) is 0 Å².